The van der Waals surface area contributed by atoms with Gasteiger partial charge in [-0.25, -0.2) is 18.2 Å². The van der Waals surface area contributed by atoms with Crippen molar-refractivity contribution in [3.63, 3.8) is 0 Å². The van der Waals surface area contributed by atoms with Crippen LogP contribution in [0, 0.1) is 0 Å². The molecule has 0 atom stereocenters. The van der Waals surface area contributed by atoms with Gasteiger partial charge < -0.3 is 0 Å². The van der Waals surface area contributed by atoms with Crippen LogP contribution in [0.3, 0.4) is 0 Å². The number of halogens is 3. The lowest BCUT2D eigenvalue weighted by atomic mass is 9.98. The van der Waals surface area contributed by atoms with Crippen LogP contribution in [0.25, 0.3) is 28.1 Å². The second kappa shape index (κ2) is 7.68. The third-order valence-electron chi connectivity index (χ3n) is 4.67. The summed E-state index contributed by atoms with van der Waals surface area (Å²) in [6.07, 6.45) is -4.71. The quantitative estimate of drug-likeness (QED) is 0.489. The molecule has 0 aliphatic rings. The van der Waals surface area contributed by atoms with Crippen LogP contribution in [0.15, 0.2) is 89.8 Å². The van der Waals surface area contributed by atoms with E-state index in [4.69, 9.17) is 5.14 Å². The molecule has 0 unspecified atom stereocenters. The van der Waals surface area contributed by atoms with Crippen LogP contribution in [0.5, 0.6) is 0 Å². The smallest absolute Gasteiger partial charge is 0.232 e. The number of aromatic nitrogens is 2. The van der Waals surface area contributed by atoms with Crippen molar-refractivity contribution >= 4 is 10.0 Å². The number of para-hydroxylation sites is 1. The molecule has 0 bridgehead atoms. The van der Waals surface area contributed by atoms with Gasteiger partial charge in [-0.05, 0) is 29.8 Å². The van der Waals surface area contributed by atoms with Crippen molar-refractivity contribution in [1.29, 1.82) is 0 Å². The molecule has 158 valence electrons. The molecule has 0 radical (unpaired) electrons. The van der Waals surface area contributed by atoms with Gasteiger partial charge in [-0.1, -0.05) is 60.7 Å². The molecular weight excluding hydrogens is 427 g/mol. The Morgan fingerprint density at radius 3 is 1.84 bits per heavy atom. The van der Waals surface area contributed by atoms with Crippen molar-refractivity contribution in [2.75, 3.05) is 0 Å². The van der Waals surface area contributed by atoms with Gasteiger partial charge >= 0.3 is 6.18 Å². The van der Waals surface area contributed by atoms with Crippen LogP contribution in [0.2, 0.25) is 0 Å². The zero-order valence-corrected chi connectivity index (χ0v) is 16.7. The summed E-state index contributed by atoms with van der Waals surface area (Å²) in [5.41, 5.74) is 0.181. The second-order valence-corrected chi connectivity index (χ2v) is 8.31. The van der Waals surface area contributed by atoms with E-state index in [2.05, 4.69) is 5.10 Å². The van der Waals surface area contributed by atoms with Crippen molar-refractivity contribution in [2.45, 2.75) is 11.1 Å². The van der Waals surface area contributed by atoms with Gasteiger partial charge in [-0.15, -0.1) is 0 Å². The highest BCUT2D eigenvalue weighted by molar-refractivity contribution is 7.89. The van der Waals surface area contributed by atoms with E-state index >= 15 is 0 Å². The molecule has 2 N–H and O–H groups in total. The highest BCUT2D eigenvalue weighted by Crippen LogP contribution is 2.43. The first-order chi connectivity index (χ1) is 14.7. The highest BCUT2D eigenvalue weighted by atomic mass is 32.2. The second-order valence-electron chi connectivity index (χ2n) is 6.75. The van der Waals surface area contributed by atoms with Crippen LogP contribution in [0.4, 0.5) is 13.2 Å². The Balaban J connectivity index is 2.07. The Morgan fingerprint density at radius 1 is 0.774 bits per heavy atom. The number of hydrogen-bond acceptors (Lipinski definition) is 3. The number of primary sulfonamides is 1. The van der Waals surface area contributed by atoms with Gasteiger partial charge in [-0.3, -0.25) is 0 Å². The average molecular weight is 443 g/mol. The van der Waals surface area contributed by atoms with Crippen LogP contribution in [0.1, 0.15) is 5.69 Å². The summed E-state index contributed by atoms with van der Waals surface area (Å²) < 4.78 is 66.5. The van der Waals surface area contributed by atoms with E-state index in [1.54, 1.807) is 60.7 Å². The van der Waals surface area contributed by atoms with Crippen LogP contribution < -0.4 is 5.14 Å². The lowest BCUT2D eigenvalue weighted by molar-refractivity contribution is -0.140. The van der Waals surface area contributed by atoms with Crippen LogP contribution in [-0.2, 0) is 16.2 Å². The summed E-state index contributed by atoms with van der Waals surface area (Å²) in [6, 6.07) is 21.9. The fraction of sp³-hybridized carbons (Fsp3) is 0.0455. The molecular formula is C22H16F3N3O2S. The summed E-state index contributed by atoms with van der Waals surface area (Å²) in [4.78, 5) is -0.140. The first-order valence-corrected chi connectivity index (χ1v) is 10.6. The number of benzene rings is 3. The summed E-state index contributed by atoms with van der Waals surface area (Å²) in [7, 11) is -3.95. The third kappa shape index (κ3) is 4.10. The standard InChI is InChI=1S/C22H16F3N3O2S/c23-22(24,25)21-19(15-7-3-1-4-8-15)20(28(27-21)17-9-5-2-6-10-17)16-11-13-18(14-12-16)31(26,29)30/h1-14H,(H2,26,29,30). The number of alkyl halides is 3. The summed E-state index contributed by atoms with van der Waals surface area (Å²) in [5.74, 6) is 0. The topological polar surface area (TPSA) is 78.0 Å². The molecule has 0 amide bonds. The molecule has 1 heterocycles. The Morgan fingerprint density at radius 2 is 1.32 bits per heavy atom. The van der Waals surface area contributed by atoms with Gasteiger partial charge in [0.25, 0.3) is 0 Å². The SMILES string of the molecule is NS(=O)(=O)c1ccc(-c2c(-c3ccccc3)c(C(F)(F)F)nn2-c2ccccc2)cc1. The number of nitrogens with zero attached hydrogens (tertiary/aromatic N) is 2. The van der Waals surface area contributed by atoms with Crippen LogP contribution >= 0.6 is 0 Å². The van der Waals surface area contributed by atoms with Gasteiger partial charge in [-0.2, -0.15) is 18.3 Å². The minimum Gasteiger partial charge on any atom is -0.232 e. The molecule has 4 aromatic rings. The van der Waals surface area contributed by atoms with E-state index in [1.165, 1.54) is 28.9 Å². The molecule has 5 nitrogen and oxygen atoms in total. The fourth-order valence-corrected chi connectivity index (χ4v) is 3.84. The number of sulfonamides is 1. The normalized spacial score (nSPS) is 12.1. The molecule has 0 spiro atoms. The number of rotatable bonds is 4. The number of hydrogen-bond donors (Lipinski definition) is 1. The molecule has 31 heavy (non-hydrogen) atoms. The van der Waals surface area contributed by atoms with E-state index < -0.39 is 21.9 Å². The highest BCUT2D eigenvalue weighted by Gasteiger charge is 2.40. The molecule has 1 aromatic heterocycles. The van der Waals surface area contributed by atoms with E-state index in [9.17, 15) is 21.6 Å². The van der Waals surface area contributed by atoms with Gasteiger partial charge in [0.2, 0.25) is 10.0 Å². The minimum atomic E-state index is -4.71. The first-order valence-electron chi connectivity index (χ1n) is 9.10. The minimum absolute atomic E-state index is 0.0969. The van der Waals surface area contributed by atoms with E-state index in [0.717, 1.165) is 0 Å². The number of nitrogens with two attached hydrogens (primary N) is 1. The maximum absolute atomic E-state index is 14.0. The van der Waals surface area contributed by atoms with E-state index in [-0.39, 0.29) is 16.2 Å². The van der Waals surface area contributed by atoms with Crippen molar-refractivity contribution in [1.82, 2.24) is 9.78 Å². The molecule has 0 saturated heterocycles. The van der Waals surface area contributed by atoms with Crippen molar-refractivity contribution in [3.05, 3.63) is 90.6 Å². The molecule has 0 fully saturated rings. The largest absolute Gasteiger partial charge is 0.435 e. The predicted molar refractivity (Wildman–Crippen MR) is 111 cm³/mol. The lowest BCUT2D eigenvalue weighted by Crippen LogP contribution is -2.11. The predicted octanol–water partition coefficient (Wildman–Crippen LogP) is 4.87. The van der Waals surface area contributed by atoms with Gasteiger partial charge in [0.05, 0.1) is 16.3 Å². The van der Waals surface area contributed by atoms with Gasteiger partial charge in [0.15, 0.2) is 5.69 Å². The van der Waals surface area contributed by atoms with E-state index in [1.807, 2.05) is 0 Å². The molecule has 3 aromatic carbocycles. The Labute approximate surface area is 176 Å². The molecule has 0 saturated carbocycles. The summed E-state index contributed by atoms with van der Waals surface area (Å²) in [6.45, 7) is 0. The van der Waals surface area contributed by atoms with Crippen LogP contribution in [-0.4, -0.2) is 18.2 Å². The van der Waals surface area contributed by atoms with Gasteiger partial charge in [0, 0.05) is 11.1 Å². The Hall–Kier alpha value is -3.43. The Kier molecular flexibility index (Phi) is 5.16. The first kappa shape index (κ1) is 20.8. The van der Waals surface area contributed by atoms with Crippen molar-refractivity contribution in [3.8, 4) is 28.1 Å². The molecule has 0 aliphatic carbocycles. The molecule has 0 aliphatic heterocycles. The lowest BCUT2D eigenvalue weighted by Gasteiger charge is -2.12. The maximum Gasteiger partial charge on any atom is 0.435 e. The van der Waals surface area contributed by atoms with E-state index in [0.29, 0.717) is 16.8 Å². The monoisotopic (exact) mass is 443 g/mol. The average Bonchev–Trinajstić information content (AvgIpc) is 3.16. The summed E-state index contributed by atoms with van der Waals surface area (Å²) in [5, 5.41) is 9.08. The third-order valence-corrected chi connectivity index (χ3v) is 5.60. The molecule has 9 heteroatoms. The zero-order chi connectivity index (χ0) is 22.2. The zero-order valence-electron chi connectivity index (χ0n) is 15.9. The van der Waals surface area contributed by atoms with Gasteiger partial charge in [0.1, 0.15) is 0 Å². The Bertz CT molecular complexity index is 1320. The maximum atomic E-state index is 14.0. The van der Waals surface area contributed by atoms with Crippen molar-refractivity contribution in [2.24, 2.45) is 5.14 Å². The fourth-order valence-electron chi connectivity index (χ4n) is 3.32. The molecule has 4 rings (SSSR count). The summed E-state index contributed by atoms with van der Waals surface area (Å²) >= 11 is 0. The van der Waals surface area contributed by atoms with Crippen molar-refractivity contribution < 1.29 is 21.6 Å².